The minimum absolute atomic E-state index is 0.0314. The third-order valence-electron chi connectivity index (χ3n) is 2.58. The van der Waals surface area contributed by atoms with Crippen molar-refractivity contribution < 1.29 is 32.2 Å². The largest absolute Gasteiger partial charge is 0.478 e. The van der Waals surface area contributed by atoms with E-state index < -0.39 is 23.5 Å². The summed E-state index contributed by atoms with van der Waals surface area (Å²) in [6.07, 6.45) is -4.48. The maximum atomic E-state index is 13.1. The third-order valence-corrected chi connectivity index (χ3v) is 2.58. The summed E-state index contributed by atoms with van der Waals surface area (Å²) in [7, 11) is 0. The van der Waals surface area contributed by atoms with E-state index in [1.807, 2.05) is 0 Å². The standard InChI is InChI=1S/C14H8F4O3/c15-9-3-6-11(13(19)20)12(7-9)21-10-4-1-8(2-5-10)14(16,17)18/h1-7H,(H,19,20). The van der Waals surface area contributed by atoms with Crippen molar-refractivity contribution in [1.82, 2.24) is 0 Å². The summed E-state index contributed by atoms with van der Waals surface area (Å²) >= 11 is 0. The Labute approximate surface area is 116 Å². The first-order valence-corrected chi connectivity index (χ1v) is 5.65. The van der Waals surface area contributed by atoms with Gasteiger partial charge in [-0.15, -0.1) is 0 Å². The van der Waals surface area contributed by atoms with Crippen LogP contribution in [0.4, 0.5) is 17.6 Å². The number of benzene rings is 2. The molecule has 1 N–H and O–H groups in total. The van der Waals surface area contributed by atoms with E-state index in [0.29, 0.717) is 0 Å². The minimum atomic E-state index is -4.48. The van der Waals surface area contributed by atoms with Gasteiger partial charge in [0.05, 0.1) is 5.56 Å². The van der Waals surface area contributed by atoms with Crippen molar-refractivity contribution in [3.05, 3.63) is 59.4 Å². The highest BCUT2D eigenvalue weighted by Crippen LogP contribution is 2.32. The number of aromatic carboxylic acids is 1. The van der Waals surface area contributed by atoms with E-state index in [1.54, 1.807) is 0 Å². The zero-order chi connectivity index (χ0) is 15.6. The zero-order valence-corrected chi connectivity index (χ0v) is 10.3. The first kappa shape index (κ1) is 14.8. The summed E-state index contributed by atoms with van der Waals surface area (Å²) in [6.45, 7) is 0. The first-order valence-electron chi connectivity index (χ1n) is 5.65. The molecule has 0 radical (unpaired) electrons. The topological polar surface area (TPSA) is 46.5 Å². The van der Waals surface area contributed by atoms with Gasteiger partial charge in [-0.3, -0.25) is 0 Å². The molecule has 0 atom stereocenters. The normalized spacial score (nSPS) is 11.2. The SMILES string of the molecule is O=C(O)c1ccc(F)cc1Oc1ccc(C(F)(F)F)cc1. The number of carboxylic acid groups (broad SMARTS) is 1. The molecule has 2 rings (SSSR count). The molecule has 0 bridgehead atoms. The molecule has 0 fully saturated rings. The van der Waals surface area contributed by atoms with Gasteiger partial charge in [0, 0.05) is 6.07 Å². The summed E-state index contributed by atoms with van der Waals surface area (Å²) < 4.78 is 55.4. The van der Waals surface area contributed by atoms with Gasteiger partial charge in [0.2, 0.25) is 0 Å². The summed E-state index contributed by atoms with van der Waals surface area (Å²) in [5, 5.41) is 8.93. The van der Waals surface area contributed by atoms with Gasteiger partial charge in [-0.2, -0.15) is 13.2 Å². The lowest BCUT2D eigenvalue weighted by Crippen LogP contribution is -2.04. The molecule has 110 valence electrons. The smallest absolute Gasteiger partial charge is 0.416 e. The highest BCUT2D eigenvalue weighted by molar-refractivity contribution is 5.90. The Morgan fingerprint density at radius 3 is 2.19 bits per heavy atom. The third kappa shape index (κ3) is 3.50. The number of carboxylic acids is 1. The van der Waals surface area contributed by atoms with Gasteiger partial charge in [0.1, 0.15) is 22.9 Å². The molecule has 0 unspecified atom stereocenters. The van der Waals surface area contributed by atoms with Crippen molar-refractivity contribution in [1.29, 1.82) is 0 Å². The number of rotatable bonds is 3. The van der Waals surface area contributed by atoms with Crippen LogP contribution in [0.3, 0.4) is 0 Å². The zero-order valence-electron chi connectivity index (χ0n) is 10.3. The van der Waals surface area contributed by atoms with E-state index in [2.05, 4.69) is 0 Å². The van der Waals surface area contributed by atoms with Crippen LogP contribution >= 0.6 is 0 Å². The molecule has 0 spiro atoms. The molecule has 0 aliphatic heterocycles. The van der Waals surface area contributed by atoms with Crippen molar-refractivity contribution in [3.63, 3.8) is 0 Å². The van der Waals surface area contributed by atoms with Gasteiger partial charge < -0.3 is 9.84 Å². The Kier molecular flexibility index (Phi) is 3.84. The van der Waals surface area contributed by atoms with E-state index in [9.17, 15) is 22.4 Å². The quantitative estimate of drug-likeness (QED) is 0.858. The monoisotopic (exact) mass is 300 g/mol. The fourth-order valence-electron chi connectivity index (χ4n) is 1.60. The van der Waals surface area contributed by atoms with Crippen molar-refractivity contribution in [2.24, 2.45) is 0 Å². The molecule has 0 heterocycles. The second-order valence-electron chi connectivity index (χ2n) is 4.07. The molecular formula is C14H8F4O3. The highest BCUT2D eigenvalue weighted by Gasteiger charge is 2.30. The predicted octanol–water partition coefficient (Wildman–Crippen LogP) is 4.34. The molecule has 0 saturated heterocycles. The highest BCUT2D eigenvalue weighted by atomic mass is 19.4. The van der Waals surface area contributed by atoms with Crippen molar-refractivity contribution in [2.75, 3.05) is 0 Å². The summed E-state index contributed by atoms with van der Waals surface area (Å²) in [6, 6.07) is 6.43. The number of hydrogen-bond donors (Lipinski definition) is 1. The molecule has 0 amide bonds. The second-order valence-corrected chi connectivity index (χ2v) is 4.07. The van der Waals surface area contributed by atoms with Crippen LogP contribution in [-0.2, 0) is 6.18 Å². The van der Waals surface area contributed by atoms with Gasteiger partial charge in [-0.05, 0) is 36.4 Å². The molecule has 0 saturated carbocycles. The van der Waals surface area contributed by atoms with Crippen LogP contribution < -0.4 is 4.74 Å². The number of halogens is 4. The summed E-state index contributed by atoms with van der Waals surface area (Å²) in [5.41, 5.74) is -1.16. The van der Waals surface area contributed by atoms with Crippen LogP contribution in [0, 0.1) is 5.82 Å². The Balaban J connectivity index is 2.30. The lowest BCUT2D eigenvalue weighted by molar-refractivity contribution is -0.137. The minimum Gasteiger partial charge on any atom is -0.478 e. The Hall–Kier alpha value is -2.57. The molecular weight excluding hydrogens is 292 g/mol. The molecule has 3 nitrogen and oxygen atoms in total. The molecule has 21 heavy (non-hydrogen) atoms. The van der Waals surface area contributed by atoms with E-state index >= 15 is 0 Å². The number of carbonyl (C=O) groups is 1. The Bertz CT molecular complexity index is 663. The van der Waals surface area contributed by atoms with Crippen LogP contribution in [0.25, 0.3) is 0 Å². The predicted molar refractivity (Wildman–Crippen MR) is 64.9 cm³/mol. The van der Waals surface area contributed by atoms with E-state index in [0.717, 1.165) is 42.5 Å². The fourth-order valence-corrected chi connectivity index (χ4v) is 1.60. The molecule has 0 aromatic heterocycles. The maximum Gasteiger partial charge on any atom is 0.416 e. The van der Waals surface area contributed by atoms with Crippen LogP contribution in [0.5, 0.6) is 11.5 Å². The van der Waals surface area contributed by atoms with Crippen LogP contribution in [-0.4, -0.2) is 11.1 Å². The Morgan fingerprint density at radius 1 is 1.05 bits per heavy atom. The van der Waals surface area contributed by atoms with Crippen LogP contribution in [0.15, 0.2) is 42.5 Å². The van der Waals surface area contributed by atoms with Gasteiger partial charge in [-0.1, -0.05) is 0 Å². The van der Waals surface area contributed by atoms with Gasteiger partial charge >= 0.3 is 12.1 Å². The summed E-state index contributed by atoms with van der Waals surface area (Å²) in [4.78, 5) is 11.0. The maximum absolute atomic E-state index is 13.1. The van der Waals surface area contributed by atoms with Gasteiger partial charge in [0.15, 0.2) is 0 Å². The van der Waals surface area contributed by atoms with Gasteiger partial charge in [-0.25, -0.2) is 9.18 Å². The number of alkyl halides is 3. The van der Waals surface area contributed by atoms with E-state index in [1.165, 1.54) is 0 Å². The van der Waals surface area contributed by atoms with Crippen molar-refractivity contribution in [2.45, 2.75) is 6.18 Å². The molecule has 2 aromatic carbocycles. The van der Waals surface area contributed by atoms with Crippen LogP contribution in [0.2, 0.25) is 0 Å². The van der Waals surface area contributed by atoms with Crippen molar-refractivity contribution >= 4 is 5.97 Å². The molecule has 0 aliphatic carbocycles. The molecule has 7 heteroatoms. The number of hydrogen-bond acceptors (Lipinski definition) is 2. The molecule has 0 aliphatic rings. The average Bonchev–Trinajstić information content (AvgIpc) is 2.38. The second kappa shape index (κ2) is 5.43. The number of ether oxygens (including phenoxy) is 1. The first-order chi connectivity index (χ1) is 9.77. The van der Waals surface area contributed by atoms with E-state index in [4.69, 9.17) is 9.84 Å². The lowest BCUT2D eigenvalue weighted by Gasteiger charge is -2.10. The van der Waals surface area contributed by atoms with Crippen LogP contribution in [0.1, 0.15) is 15.9 Å². The van der Waals surface area contributed by atoms with Crippen molar-refractivity contribution in [3.8, 4) is 11.5 Å². The average molecular weight is 300 g/mol. The molecule has 2 aromatic rings. The fraction of sp³-hybridized carbons (Fsp3) is 0.0714. The van der Waals surface area contributed by atoms with Gasteiger partial charge in [0.25, 0.3) is 0 Å². The van der Waals surface area contributed by atoms with E-state index in [-0.39, 0.29) is 17.1 Å². The lowest BCUT2D eigenvalue weighted by atomic mass is 10.2. The Morgan fingerprint density at radius 2 is 1.67 bits per heavy atom. The summed E-state index contributed by atoms with van der Waals surface area (Å²) in [5.74, 6) is -2.38.